The SMILES string of the molecule is c1cnc(N2CCN(Cc3nnc(-c4ccc5c(c4)OCO5)o3)CC2)nc1. The molecule has 138 valence electrons. The van der Waals surface area contributed by atoms with Crippen molar-refractivity contribution < 1.29 is 13.9 Å². The van der Waals surface area contributed by atoms with Gasteiger partial charge >= 0.3 is 0 Å². The van der Waals surface area contributed by atoms with E-state index in [9.17, 15) is 0 Å². The number of aromatic nitrogens is 4. The molecule has 27 heavy (non-hydrogen) atoms. The van der Waals surface area contributed by atoms with Crippen LogP contribution in [-0.4, -0.2) is 58.0 Å². The van der Waals surface area contributed by atoms with Crippen LogP contribution in [0.3, 0.4) is 0 Å². The Balaban J connectivity index is 1.22. The predicted molar refractivity (Wildman–Crippen MR) is 95.4 cm³/mol. The molecule has 1 saturated heterocycles. The first kappa shape index (κ1) is 16.0. The molecular weight excluding hydrogens is 348 g/mol. The first-order chi connectivity index (χ1) is 13.3. The van der Waals surface area contributed by atoms with Crippen LogP contribution in [0.1, 0.15) is 5.89 Å². The Labute approximate surface area is 155 Å². The van der Waals surface area contributed by atoms with Crippen LogP contribution in [0.4, 0.5) is 5.95 Å². The summed E-state index contributed by atoms with van der Waals surface area (Å²) in [5.41, 5.74) is 0.823. The van der Waals surface area contributed by atoms with Crippen molar-refractivity contribution in [3.8, 4) is 23.0 Å². The Kier molecular flexibility index (Phi) is 4.06. The molecule has 0 N–H and O–H groups in total. The fourth-order valence-corrected chi connectivity index (χ4v) is 3.22. The quantitative estimate of drug-likeness (QED) is 0.682. The van der Waals surface area contributed by atoms with Crippen LogP contribution < -0.4 is 14.4 Å². The molecule has 5 rings (SSSR count). The molecular formula is C18H18N6O3. The van der Waals surface area contributed by atoms with Crippen LogP contribution in [0.15, 0.2) is 41.1 Å². The number of nitrogens with zero attached hydrogens (tertiary/aromatic N) is 6. The highest BCUT2D eigenvalue weighted by molar-refractivity contribution is 5.60. The van der Waals surface area contributed by atoms with Gasteiger partial charge in [0.1, 0.15) is 0 Å². The average molecular weight is 366 g/mol. The van der Waals surface area contributed by atoms with Gasteiger partial charge in [0.15, 0.2) is 11.5 Å². The van der Waals surface area contributed by atoms with Gasteiger partial charge < -0.3 is 18.8 Å². The third-order valence-electron chi connectivity index (χ3n) is 4.65. The molecule has 0 atom stereocenters. The van der Waals surface area contributed by atoms with Gasteiger partial charge in [-0.25, -0.2) is 9.97 Å². The second-order valence-corrected chi connectivity index (χ2v) is 6.38. The summed E-state index contributed by atoms with van der Waals surface area (Å²) in [5, 5.41) is 8.36. The number of benzene rings is 1. The predicted octanol–water partition coefficient (Wildman–Crippen LogP) is 1.58. The maximum atomic E-state index is 5.85. The maximum absolute atomic E-state index is 5.85. The molecule has 0 unspecified atom stereocenters. The lowest BCUT2D eigenvalue weighted by Gasteiger charge is -2.33. The van der Waals surface area contributed by atoms with Crippen LogP contribution in [-0.2, 0) is 6.54 Å². The smallest absolute Gasteiger partial charge is 0.247 e. The van der Waals surface area contributed by atoms with Crippen LogP contribution in [0.5, 0.6) is 11.5 Å². The molecule has 0 radical (unpaired) electrons. The van der Waals surface area contributed by atoms with Crippen molar-refractivity contribution in [1.29, 1.82) is 0 Å². The molecule has 0 aliphatic carbocycles. The summed E-state index contributed by atoms with van der Waals surface area (Å²) in [6, 6.07) is 7.43. The number of ether oxygens (including phenoxy) is 2. The number of rotatable bonds is 4. The normalized spacial score (nSPS) is 16.7. The van der Waals surface area contributed by atoms with Crippen LogP contribution in [0, 0.1) is 0 Å². The van der Waals surface area contributed by atoms with Crippen molar-refractivity contribution in [3.63, 3.8) is 0 Å². The van der Waals surface area contributed by atoms with E-state index in [1.807, 2.05) is 24.3 Å². The van der Waals surface area contributed by atoms with E-state index in [0.717, 1.165) is 43.4 Å². The summed E-state index contributed by atoms with van der Waals surface area (Å²) in [6.07, 6.45) is 3.54. The van der Waals surface area contributed by atoms with Crippen molar-refractivity contribution in [2.45, 2.75) is 6.54 Å². The molecule has 0 spiro atoms. The topological polar surface area (TPSA) is 89.6 Å². The van der Waals surface area contributed by atoms with Gasteiger partial charge in [-0.1, -0.05) is 0 Å². The summed E-state index contributed by atoms with van der Waals surface area (Å²) in [4.78, 5) is 13.1. The third-order valence-corrected chi connectivity index (χ3v) is 4.65. The monoisotopic (exact) mass is 366 g/mol. The van der Waals surface area contributed by atoms with Gasteiger partial charge in [-0.2, -0.15) is 0 Å². The molecule has 0 bridgehead atoms. The number of anilines is 1. The summed E-state index contributed by atoms with van der Waals surface area (Å²) in [6.45, 7) is 4.38. The molecule has 1 aromatic carbocycles. The molecule has 2 aromatic heterocycles. The second-order valence-electron chi connectivity index (χ2n) is 6.38. The number of piperazine rings is 1. The zero-order valence-corrected chi connectivity index (χ0v) is 14.6. The maximum Gasteiger partial charge on any atom is 0.247 e. The lowest BCUT2D eigenvalue weighted by molar-refractivity contribution is 0.174. The van der Waals surface area contributed by atoms with Gasteiger partial charge in [-0.15, -0.1) is 10.2 Å². The number of hydrogen-bond donors (Lipinski definition) is 0. The van der Waals surface area contributed by atoms with E-state index in [0.29, 0.717) is 24.1 Å². The van der Waals surface area contributed by atoms with Crippen molar-refractivity contribution in [3.05, 3.63) is 42.5 Å². The van der Waals surface area contributed by atoms with Gasteiger partial charge in [-0.05, 0) is 24.3 Å². The first-order valence-electron chi connectivity index (χ1n) is 8.82. The number of fused-ring (bicyclic) bond motifs is 1. The van der Waals surface area contributed by atoms with Crippen molar-refractivity contribution in [1.82, 2.24) is 25.1 Å². The van der Waals surface area contributed by atoms with E-state index in [1.165, 1.54) is 0 Å². The minimum atomic E-state index is 0.244. The summed E-state index contributed by atoms with van der Waals surface area (Å²) in [7, 11) is 0. The van der Waals surface area contributed by atoms with Gasteiger partial charge in [0.2, 0.25) is 24.5 Å². The molecule has 4 heterocycles. The Morgan fingerprint density at radius 1 is 0.926 bits per heavy atom. The summed E-state index contributed by atoms with van der Waals surface area (Å²) in [5.74, 6) is 3.30. The van der Waals surface area contributed by atoms with Gasteiger partial charge in [0, 0.05) is 44.1 Å². The molecule has 2 aliphatic heterocycles. The highest BCUT2D eigenvalue weighted by Gasteiger charge is 2.21. The van der Waals surface area contributed by atoms with Crippen LogP contribution in [0.25, 0.3) is 11.5 Å². The average Bonchev–Trinajstić information content (AvgIpc) is 3.38. The Morgan fingerprint density at radius 3 is 2.59 bits per heavy atom. The zero-order chi connectivity index (χ0) is 18.1. The van der Waals surface area contributed by atoms with E-state index < -0.39 is 0 Å². The highest BCUT2D eigenvalue weighted by atomic mass is 16.7. The molecule has 0 amide bonds. The molecule has 9 heteroatoms. The summed E-state index contributed by atoms with van der Waals surface area (Å²) < 4.78 is 16.6. The molecule has 9 nitrogen and oxygen atoms in total. The largest absolute Gasteiger partial charge is 0.454 e. The summed E-state index contributed by atoms with van der Waals surface area (Å²) >= 11 is 0. The van der Waals surface area contributed by atoms with E-state index in [4.69, 9.17) is 13.9 Å². The van der Waals surface area contributed by atoms with Gasteiger partial charge in [0.25, 0.3) is 0 Å². The molecule has 1 fully saturated rings. The van der Waals surface area contributed by atoms with Crippen molar-refractivity contribution in [2.75, 3.05) is 37.9 Å². The fraction of sp³-hybridized carbons (Fsp3) is 0.333. The van der Waals surface area contributed by atoms with Crippen molar-refractivity contribution >= 4 is 5.95 Å². The standard InChI is InChI=1S/C18H18N6O3/c1-4-19-18(20-5-1)24-8-6-23(7-9-24)11-16-21-22-17(27-16)13-2-3-14-15(10-13)26-12-25-14/h1-5,10H,6-9,11-12H2. The molecule has 3 aromatic rings. The Hall–Kier alpha value is -3.20. The lowest BCUT2D eigenvalue weighted by atomic mass is 10.2. The van der Waals surface area contributed by atoms with E-state index >= 15 is 0 Å². The molecule has 2 aliphatic rings. The van der Waals surface area contributed by atoms with E-state index in [2.05, 4.69) is 30.0 Å². The molecule has 0 saturated carbocycles. The number of hydrogen-bond acceptors (Lipinski definition) is 9. The highest BCUT2D eigenvalue weighted by Crippen LogP contribution is 2.35. The van der Waals surface area contributed by atoms with Gasteiger partial charge in [-0.3, -0.25) is 4.90 Å². The Morgan fingerprint density at radius 2 is 1.74 bits per heavy atom. The fourth-order valence-electron chi connectivity index (χ4n) is 3.22. The second kappa shape index (κ2) is 6.84. The van der Waals surface area contributed by atoms with Crippen molar-refractivity contribution in [2.24, 2.45) is 0 Å². The first-order valence-corrected chi connectivity index (χ1v) is 8.82. The van der Waals surface area contributed by atoms with E-state index in [-0.39, 0.29) is 6.79 Å². The third kappa shape index (κ3) is 3.28. The van der Waals surface area contributed by atoms with Crippen LogP contribution >= 0.6 is 0 Å². The van der Waals surface area contributed by atoms with Gasteiger partial charge in [0.05, 0.1) is 6.54 Å². The zero-order valence-electron chi connectivity index (χ0n) is 14.6. The van der Waals surface area contributed by atoms with E-state index in [1.54, 1.807) is 12.4 Å². The van der Waals surface area contributed by atoms with Crippen LogP contribution in [0.2, 0.25) is 0 Å². The minimum Gasteiger partial charge on any atom is -0.454 e. The Bertz CT molecular complexity index is 924. The lowest BCUT2D eigenvalue weighted by Crippen LogP contribution is -2.46. The minimum absolute atomic E-state index is 0.244.